The lowest BCUT2D eigenvalue weighted by molar-refractivity contribution is 1.17. The van der Waals surface area contributed by atoms with Gasteiger partial charge in [0.05, 0.1) is 0 Å². The van der Waals surface area contributed by atoms with Crippen LogP contribution in [-0.4, -0.2) is 0 Å². The lowest BCUT2D eigenvalue weighted by Crippen LogP contribution is -1.96. The first-order valence-corrected chi connectivity index (χ1v) is 4.21. The van der Waals surface area contributed by atoms with E-state index in [-0.39, 0.29) is 0 Å². The zero-order valence-electron chi connectivity index (χ0n) is 7.30. The van der Waals surface area contributed by atoms with Crippen molar-refractivity contribution < 1.29 is 0 Å². The fourth-order valence-electron chi connectivity index (χ4n) is 1.54. The van der Waals surface area contributed by atoms with Crippen LogP contribution in [0.5, 0.6) is 0 Å². The van der Waals surface area contributed by atoms with E-state index in [2.05, 4.69) is 43.9 Å². The van der Waals surface area contributed by atoms with Gasteiger partial charge in [0.25, 0.3) is 0 Å². The lowest BCUT2D eigenvalue weighted by atomic mass is 9.93. The van der Waals surface area contributed by atoms with Gasteiger partial charge in [-0.05, 0) is 24.5 Å². The third-order valence-electron chi connectivity index (χ3n) is 2.22. The van der Waals surface area contributed by atoms with Crippen LogP contribution < -0.4 is 0 Å². The summed E-state index contributed by atoms with van der Waals surface area (Å²) < 4.78 is 0. The molecule has 0 heterocycles. The molecule has 0 aromatic heterocycles. The van der Waals surface area contributed by atoms with Gasteiger partial charge in [-0.25, -0.2) is 0 Å². The Kier molecular flexibility index (Phi) is 1.61. The summed E-state index contributed by atoms with van der Waals surface area (Å²) in [6, 6.07) is 6.57. The molecule has 0 radical (unpaired) electrons. The largest absolute Gasteiger partial charge is 0.0955 e. The molecule has 0 amide bonds. The van der Waals surface area contributed by atoms with Crippen LogP contribution in [0.3, 0.4) is 0 Å². The minimum absolute atomic E-state index is 1.01. The predicted molar refractivity (Wildman–Crippen MR) is 53.1 cm³/mol. The van der Waals surface area contributed by atoms with Gasteiger partial charge in [0.1, 0.15) is 0 Å². The van der Waals surface area contributed by atoms with Crippen LogP contribution in [-0.2, 0) is 6.42 Å². The van der Waals surface area contributed by atoms with Crippen molar-refractivity contribution in [2.75, 3.05) is 0 Å². The number of fused-ring (bicyclic) bond motifs is 1. The second-order valence-electron chi connectivity index (χ2n) is 3.37. The Bertz CT molecular complexity index is 356. The molecule has 0 bridgehead atoms. The maximum atomic E-state index is 3.95. The van der Waals surface area contributed by atoms with E-state index in [1.807, 2.05) is 0 Å². The molecule has 2 rings (SSSR count). The zero-order chi connectivity index (χ0) is 8.55. The highest BCUT2D eigenvalue weighted by molar-refractivity contribution is 5.62. The van der Waals surface area contributed by atoms with E-state index in [9.17, 15) is 0 Å². The van der Waals surface area contributed by atoms with Crippen molar-refractivity contribution in [3.63, 3.8) is 0 Å². The molecular weight excluding hydrogens is 144 g/mol. The van der Waals surface area contributed by atoms with Crippen molar-refractivity contribution in [2.24, 2.45) is 0 Å². The molecular formula is C12H12. The zero-order valence-corrected chi connectivity index (χ0v) is 7.30. The van der Waals surface area contributed by atoms with Crippen molar-refractivity contribution in [3.8, 4) is 0 Å². The molecule has 1 aromatic rings. The van der Waals surface area contributed by atoms with E-state index in [4.69, 9.17) is 0 Å². The molecule has 0 atom stereocenters. The minimum Gasteiger partial charge on any atom is -0.0955 e. The summed E-state index contributed by atoms with van der Waals surface area (Å²) in [5.41, 5.74) is 5.27. The fourth-order valence-corrected chi connectivity index (χ4v) is 1.54. The Balaban J connectivity index is 2.54. The normalized spacial score (nSPS) is 14.6. The minimum atomic E-state index is 1.01. The number of aryl methyl sites for hydroxylation is 1. The second kappa shape index (κ2) is 2.63. The molecule has 1 aliphatic rings. The summed E-state index contributed by atoms with van der Waals surface area (Å²) in [4.78, 5) is 0. The lowest BCUT2D eigenvalue weighted by Gasteiger charge is -2.12. The van der Waals surface area contributed by atoms with Crippen LogP contribution in [0, 0.1) is 6.92 Å². The third-order valence-corrected chi connectivity index (χ3v) is 2.22. The van der Waals surface area contributed by atoms with Crippen LogP contribution in [0.1, 0.15) is 16.7 Å². The van der Waals surface area contributed by atoms with E-state index in [1.165, 1.54) is 22.3 Å². The third kappa shape index (κ3) is 1.20. The highest BCUT2D eigenvalue weighted by atomic mass is 14.1. The molecule has 0 nitrogen and oxygen atoms in total. The van der Waals surface area contributed by atoms with Crippen molar-refractivity contribution in [3.05, 3.63) is 53.1 Å². The molecule has 0 aliphatic heterocycles. The number of hydrogen-bond donors (Lipinski definition) is 0. The standard InChI is InChI=1S/C12H12/c1-9-3-5-12-8-10(2)4-6-11(12)7-9/h3-6,8H,1,7H2,2H3. The first-order chi connectivity index (χ1) is 5.75. The Morgan fingerprint density at radius 2 is 2.08 bits per heavy atom. The van der Waals surface area contributed by atoms with Crippen molar-refractivity contribution in [2.45, 2.75) is 13.3 Å². The van der Waals surface area contributed by atoms with Crippen molar-refractivity contribution in [1.29, 1.82) is 0 Å². The van der Waals surface area contributed by atoms with Crippen LogP contribution in [0.15, 0.2) is 36.4 Å². The maximum Gasteiger partial charge on any atom is -0.00257 e. The number of hydrogen-bond acceptors (Lipinski definition) is 0. The first-order valence-electron chi connectivity index (χ1n) is 4.21. The van der Waals surface area contributed by atoms with Crippen LogP contribution in [0.4, 0.5) is 0 Å². The van der Waals surface area contributed by atoms with Crippen LogP contribution in [0.2, 0.25) is 0 Å². The van der Waals surface area contributed by atoms with Crippen molar-refractivity contribution in [1.82, 2.24) is 0 Å². The van der Waals surface area contributed by atoms with Crippen LogP contribution >= 0.6 is 0 Å². The number of rotatable bonds is 0. The van der Waals surface area contributed by atoms with Gasteiger partial charge in [-0.15, -0.1) is 0 Å². The molecule has 0 N–H and O–H groups in total. The first kappa shape index (κ1) is 7.35. The predicted octanol–water partition coefficient (Wildman–Crippen LogP) is 3.12. The summed E-state index contributed by atoms with van der Waals surface area (Å²) in [6.07, 6.45) is 5.25. The van der Waals surface area contributed by atoms with Gasteiger partial charge < -0.3 is 0 Å². The molecule has 12 heavy (non-hydrogen) atoms. The summed E-state index contributed by atoms with van der Waals surface area (Å²) in [6.45, 7) is 6.07. The second-order valence-corrected chi connectivity index (χ2v) is 3.37. The van der Waals surface area contributed by atoms with Gasteiger partial charge in [-0.3, -0.25) is 0 Å². The SMILES string of the molecule is C=C1C=Cc2cc(C)ccc2C1. The molecule has 0 fully saturated rings. The van der Waals surface area contributed by atoms with Gasteiger partial charge in [0.15, 0.2) is 0 Å². The van der Waals surface area contributed by atoms with E-state index >= 15 is 0 Å². The number of allylic oxidation sites excluding steroid dienone is 2. The average Bonchev–Trinajstić information content (AvgIpc) is 2.05. The van der Waals surface area contributed by atoms with Crippen LogP contribution in [0.25, 0.3) is 6.08 Å². The summed E-state index contributed by atoms with van der Waals surface area (Å²) >= 11 is 0. The molecule has 0 unspecified atom stereocenters. The molecule has 0 saturated carbocycles. The Morgan fingerprint density at radius 1 is 1.25 bits per heavy atom. The van der Waals surface area contributed by atoms with Gasteiger partial charge in [-0.1, -0.05) is 48.1 Å². The van der Waals surface area contributed by atoms with Gasteiger partial charge in [0, 0.05) is 0 Å². The van der Waals surface area contributed by atoms with Gasteiger partial charge in [0.2, 0.25) is 0 Å². The molecule has 0 saturated heterocycles. The van der Waals surface area contributed by atoms with E-state index in [1.54, 1.807) is 0 Å². The van der Waals surface area contributed by atoms with Gasteiger partial charge >= 0.3 is 0 Å². The molecule has 0 spiro atoms. The summed E-state index contributed by atoms with van der Waals surface area (Å²) in [5.74, 6) is 0. The fraction of sp³-hybridized carbons (Fsp3) is 0.167. The molecule has 1 aromatic carbocycles. The molecule has 1 aliphatic carbocycles. The Labute approximate surface area is 73.2 Å². The van der Waals surface area contributed by atoms with Gasteiger partial charge in [-0.2, -0.15) is 0 Å². The topological polar surface area (TPSA) is 0 Å². The van der Waals surface area contributed by atoms with E-state index in [0.29, 0.717) is 0 Å². The molecule has 0 heteroatoms. The molecule has 60 valence electrons. The number of benzene rings is 1. The maximum absolute atomic E-state index is 3.95. The average molecular weight is 156 g/mol. The Hall–Kier alpha value is -1.30. The van der Waals surface area contributed by atoms with E-state index < -0.39 is 0 Å². The highest BCUT2D eigenvalue weighted by Gasteiger charge is 2.05. The summed E-state index contributed by atoms with van der Waals surface area (Å²) in [7, 11) is 0. The Morgan fingerprint density at radius 3 is 2.92 bits per heavy atom. The quantitative estimate of drug-likeness (QED) is 0.541. The van der Waals surface area contributed by atoms with E-state index in [0.717, 1.165) is 6.42 Å². The van der Waals surface area contributed by atoms with Crippen molar-refractivity contribution >= 4 is 6.08 Å². The highest BCUT2D eigenvalue weighted by Crippen LogP contribution is 2.22. The smallest absolute Gasteiger partial charge is 0.00257 e. The summed E-state index contributed by atoms with van der Waals surface area (Å²) in [5, 5.41) is 0. The monoisotopic (exact) mass is 156 g/mol.